The minimum Gasteiger partial charge on any atom is -0.375 e. The molecule has 0 aromatic heterocycles. The van der Waals surface area contributed by atoms with Gasteiger partial charge in [0.1, 0.15) is 0 Å². The number of aliphatic hydroxyl groups is 1. The molecule has 0 bridgehead atoms. The first-order valence-electron chi connectivity index (χ1n) is 10.5. The summed E-state index contributed by atoms with van der Waals surface area (Å²) in [6, 6.07) is 20.3. The number of amides is 1. The van der Waals surface area contributed by atoms with Crippen LogP contribution in [0.15, 0.2) is 60.7 Å². The fourth-order valence-corrected chi connectivity index (χ4v) is 5.13. The van der Waals surface area contributed by atoms with Crippen molar-refractivity contribution in [3.63, 3.8) is 0 Å². The van der Waals surface area contributed by atoms with Crippen molar-refractivity contribution < 1.29 is 9.90 Å². The molecule has 1 aliphatic heterocycles. The molecule has 3 aliphatic rings. The largest absolute Gasteiger partial charge is 0.375 e. The summed E-state index contributed by atoms with van der Waals surface area (Å²) in [6.45, 7) is 3.03. The van der Waals surface area contributed by atoms with Crippen molar-refractivity contribution in [1.82, 2.24) is 10.2 Å². The maximum absolute atomic E-state index is 13.2. The lowest BCUT2D eigenvalue weighted by Crippen LogP contribution is -2.53. The van der Waals surface area contributed by atoms with Crippen LogP contribution in [0.4, 0.5) is 0 Å². The van der Waals surface area contributed by atoms with E-state index in [-0.39, 0.29) is 17.9 Å². The molecule has 1 saturated heterocycles. The Morgan fingerprint density at radius 3 is 2.18 bits per heavy atom. The van der Waals surface area contributed by atoms with E-state index in [1.807, 2.05) is 36.4 Å². The van der Waals surface area contributed by atoms with Gasteiger partial charge in [0.25, 0.3) is 5.91 Å². The summed E-state index contributed by atoms with van der Waals surface area (Å²) in [7, 11) is 0. The molecule has 4 atom stereocenters. The second-order valence-corrected chi connectivity index (χ2v) is 8.77. The standard InChI is InChI=1S/C24H28N2O2/c27-23(24(28,19-12-7-13-19)18-10-5-2-6-11-18)25-22-20-15-26(16-21(20)22)14-17-8-3-1-4-9-17/h1-6,8-11,19-22,28H,7,12-16H2,(H,25,27)/t20-,21+,22?,24?. The van der Waals surface area contributed by atoms with Gasteiger partial charge in [-0.25, -0.2) is 0 Å². The van der Waals surface area contributed by atoms with Gasteiger partial charge in [-0.05, 0) is 35.8 Å². The molecule has 2 unspecified atom stereocenters. The highest BCUT2D eigenvalue weighted by molar-refractivity contribution is 5.87. The van der Waals surface area contributed by atoms with Crippen LogP contribution in [0, 0.1) is 17.8 Å². The number of fused-ring (bicyclic) bond motifs is 1. The Bertz CT molecular complexity index is 824. The number of benzene rings is 2. The van der Waals surface area contributed by atoms with Crippen molar-refractivity contribution in [2.24, 2.45) is 17.8 Å². The highest BCUT2D eigenvalue weighted by Crippen LogP contribution is 2.48. The summed E-state index contributed by atoms with van der Waals surface area (Å²) < 4.78 is 0. The Kier molecular flexibility index (Phi) is 4.48. The van der Waals surface area contributed by atoms with E-state index in [1.54, 1.807) is 0 Å². The number of hydrogen-bond donors (Lipinski definition) is 2. The van der Waals surface area contributed by atoms with E-state index < -0.39 is 5.60 Å². The number of likely N-dealkylation sites (tertiary alicyclic amines) is 1. The number of nitrogens with one attached hydrogen (secondary N) is 1. The summed E-state index contributed by atoms with van der Waals surface area (Å²) in [5.74, 6) is 0.878. The second-order valence-electron chi connectivity index (χ2n) is 8.77. The van der Waals surface area contributed by atoms with E-state index in [2.05, 4.69) is 34.5 Å². The maximum atomic E-state index is 13.2. The molecular weight excluding hydrogens is 348 g/mol. The van der Waals surface area contributed by atoms with Crippen LogP contribution in [0.2, 0.25) is 0 Å². The minimum atomic E-state index is -1.39. The molecule has 0 spiro atoms. The average molecular weight is 377 g/mol. The molecule has 28 heavy (non-hydrogen) atoms. The van der Waals surface area contributed by atoms with Crippen LogP contribution in [0.5, 0.6) is 0 Å². The molecule has 2 aromatic carbocycles. The topological polar surface area (TPSA) is 52.6 Å². The Labute approximate surface area is 166 Å². The summed E-state index contributed by atoms with van der Waals surface area (Å²) in [6.07, 6.45) is 2.93. The molecule has 2 saturated carbocycles. The zero-order valence-corrected chi connectivity index (χ0v) is 16.1. The average Bonchev–Trinajstić information content (AvgIpc) is 3.11. The highest BCUT2D eigenvalue weighted by Gasteiger charge is 2.58. The van der Waals surface area contributed by atoms with E-state index in [9.17, 15) is 9.90 Å². The first kappa shape index (κ1) is 17.9. The first-order chi connectivity index (χ1) is 13.7. The van der Waals surface area contributed by atoms with Gasteiger partial charge in [0.05, 0.1) is 0 Å². The maximum Gasteiger partial charge on any atom is 0.257 e. The molecule has 3 fully saturated rings. The Morgan fingerprint density at radius 2 is 1.61 bits per heavy atom. The van der Waals surface area contributed by atoms with Gasteiger partial charge in [-0.1, -0.05) is 67.1 Å². The third kappa shape index (κ3) is 3.05. The molecule has 4 heteroatoms. The molecule has 5 rings (SSSR count). The van der Waals surface area contributed by atoms with Gasteiger partial charge in [0.15, 0.2) is 5.60 Å². The number of carbonyl (C=O) groups excluding carboxylic acids is 1. The van der Waals surface area contributed by atoms with Crippen molar-refractivity contribution >= 4 is 5.91 Å². The highest BCUT2D eigenvalue weighted by atomic mass is 16.3. The summed E-state index contributed by atoms with van der Waals surface area (Å²) in [5, 5.41) is 14.6. The SMILES string of the molecule is O=C(NC1[C@H]2CN(Cc3ccccc3)C[C@@H]12)C(O)(c1ccccc1)C1CCC1. The number of carbonyl (C=O) groups is 1. The van der Waals surface area contributed by atoms with E-state index in [4.69, 9.17) is 0 Å². The summed E-state index contributed by atoms with van der Waals surface area (Å²) >= 11 is 0. The van der Waals surface area contributed by atoms with Gasteiger partial charge in [-0.15, -0.1) is 0 Å². The molecule has 4 nitrogen and oxygen atoms in total. The smallest absolute Gasteiger partial charge is 0.257 e. The van der Waals surface area contributed by atoms with E-state index in [1.165, 1.54) is 5.56 Å². The van der Waals surface area contributed by atoms with Crippen molar-refractivity contribution in [2.45, 2.75) is 37.5 Å². The minimum absolute atomic E-state index is 0.0306. The Morgan fingerprint density at radius 1 is 1.00 bits per heavy atom. The lowest BCUT2D eigenvalue weighted by molar-refractivity contribution is -0.152. The van der Waals surface area contributed by atoms with Crippen LogP contribution in [-0.2, 0) is 16.9 Å². The quantitative estimate of drug-likeness (QED) is 0.815. The van der Waals surface area contributed by atoms with Crippen molar-refractivity contribution in [1.29, 1.82) is 0 Å². The van der Waals surface area contributed by atoms with Crippen LogP contribution in [0.1, 0.15) is 30.4 Å². The molecule has 0 radical (unpaired) electrons. The molecule has 2 aliphatic carbocycles. The number of rotatable bonds is 6. The van der Waals surface area contributed by atoms with Gasteiger partial charge in [0.2, 0.25) is 0 Å². The zero-order chi connectivity index (χ0) is 19.1. The molecule has 2 N–H and O–H groups in total. The van der Waals surface area contributed by atoms with E-state index in [0.29, 0.717) is 11.8 Å². The fraction of sp³-hybridized carbons (Fsp3) is 0.458. The summed E-state index contributed by atoms with van der Waals surface area (Å²) in [5.41, 5.74) is 0.682. The van der Waals surface area contributed by atoms with Gasteiger partial charge >= 0.3 is 0 Å². The van der Waals surface area contributed by atoms with Gasteiger partial charge in [0, 0.05) is 31.6 Å². The fourth-order valence-electron chi connectivity index (χ4n) is 5.13. The second kappa shape index (κ2) is 7.02. The third-order valence-electron chi connectivity index (χ3n) is 7.07. The third-order valence-corrected chi connectivity index (χ3v) is 7.07. The summed E-state index contributed by atoms with van der Waals surface area (Å²) in [4.78, 5) is 15.7. The normalized spacial score (nSPS) is 28.8. The number of nitrogens with zero attached hydrogens (tertiary/aromatic N) is 1. The van der Waals surface area contributed by atoms with Gasteiger partial charge in [-0.3, -0.25) is 9.69 Å². The van der Waals surface area contributed by atoms with Crippen molar-refractivity contribution in [2.75, 3.05) is 13.1 Å². The van der Waals surface area contributed by atoms with Crippen LogP contribution in [-0.4, -0.2) is 35.0 Å². The van der Waals surface area contributed by atoms with Crippen LogP contribution in [0.25, 0.3) is 0 Å². The molecular formula is C24H28N2O2. The van der Waals surface area contributed by atoms with Gasteiger partial charge in [-0.2, -0.15) is 0 Å². The molecule has 2 aromatic rings. The van der Waals surface area contributed by atoms with E-state index in [0.717, 1.165) is 44.5 Å². The monoisotopic (exact) mass is 376 g/mol. The Balaban J connectivity index is 1.22. The van der Waals surface area contributed by atoms with Crippen molar-refractivity contribution in [3.05, 3.63) is 71.8 Å². The zero-order valence-electron chi connectivity index (χ0n) is 16.1. The molecule has 1 heterocycles. The predicted octanol–water partition coefficient (Wildman–Crippen LogP) is 2.92. The molecule has 1 amide bonds. The van der Waals surface area contributed by atoms with Crippen LogP contribution < -0.4 is 5.32 Å². The number of hydrogen-bond acceptors (Lipinski definition) is 3. The Hall–Kier alpha value is -2.17. The van der Waals surface area contributed by atoms with Crippen molar-refractivity contribution in [3.8, 4) is 0 Å². The molecule has 146 valence electrons. The van der Waals surface area contributed by atoms with Gasteiger partial charge < -0.3 is 10.4 Å². The lowest BCUT2D eigenvalue weighted by atomic mass is 9.69. The first-order valence-corrected chi connectivity index (χ1v) is 10.5. The van der Waals surface area contributed by atoms with Crippen LogP contribution in [0.3, 0.4) is 0 Å². The predicted molar refractivity (Wildman–Crippen MR) is 108 cm³/mol. The van der Waals surface area contributed by atoms with Crippen LogP contribution >= 0.6 is 0 Å². The lowest BCUT2D eigenvalue weighted by Gasteiger charge is -2.40. The van der Waals surface area contributed by atoms with E-state index >= 15 is 0 Å². The number of piperidine rings is 1.